The summed E-state index contributed by atoms with van der Waals surface area (Å²) in [5.41, 5.74) is 8.25. The molecule has 0 spiro atoms. The fraction of sp³-hybridized carbons (Fsp3) is 0.176. The molecule has 0 saturated carbocycles. The van der Waals surface area contributed by atoms with Crippen molar-refractivity contribution in [3.05, 3.63) is 115 Å². The molecule has 3 heterocycles. The molecule has 38 heavy (non-hydrogen) atoms. The maximum Gasteiger partial charge on any atom is 0.137 e. The topological polar surface area (TPSA) is 34.0 Å². The molecule has 0 unspecified atom stereocenters. The first-order valence-electron chi connectivity index (χ1n) is 13.1. The number of anilines is 2. The molecular weight excluding hydrogens is 464 g/mol. The Bertz CT molecular complexity index is 1790. The van der Waals surface area contributed by atoms with Gasteiger partial charge in [-0.15, -0.1) is 0 Å². The Kier molecular flexibility index (Phi) is 5.76. The Morgan fingerprint density at radius 3 is 2.26 bits per heavy atom. The fourth-order valence-electron chi connectivity index (χ4n) is 5.13. The average Bonchev–Trinajstić information content (AvgIpc) is 3.26. The minimum Gasteiger partial charge on any atom is -0.329 e. The van der Waals surface area contributed by atoms with E-state index in [1.165, 1.54) is 27.5 Å². The van der Waals surface area contributed by atoms with E-state index in [-0.39, 0.29) is 5.41 Å². The van der Waals surface area contributed by atoms with Gasteiger partial charge in [0.1, 0.15) is 11.6 Å². The highest BCUT2D eigenvalue weighted by molar-refractivity contribution is 6.10. The first-order chi connectivity index (χ1) is 18.3. The molecule has 0 aliphatic carbocycles. The molecule has 0 N–H and O–H groups in total. The zero-order chi connectivity index (χ0) is 26.4. The lowest BCUT2D eigenvalue weighted by Gasteiger charge is -2.20. The molecule has 0 bridgehead atoms. The van der Waals surface area contributed by atoms with E-state index in [4.69, 9.17) is 4.98 Å². The quantitative estimate of drug-likeness (QED) is 0.245. The van der Waals surface area contributed by atoms with Crippen molar-refractivity contribution >= 4 is 33.3 Å². The van der Waals surface area contributed by atoms with E-state index in [1.807, 2.05) is 18.5 Å². The third kappa shape index (κ3) is 4.22. The maximum absolute atomic E-state index is 4.83. The van der Waals surface area contributed by atoms with Gasteiger partial charge in [-0.25, -0.2) is 9.97 Å². The third-order valence-corrected chi connectivity index (χ3v) is 7.33. The molecule has 6 aromatic rings. The van der Waals surface area contributed by atoms with Gasteiger partial charge in [-0.2, -0.15) is 0 Å². The van der Waals surface area contributed by atoms with Gasteiger partial charge in [-0.05, 0) is 83.1 Å². The number of hydrogen-bond acceptors (Lipinski definition) is 3. The van der Waals surface area contributed by atoms with Crippen LogP contribution in [-0.4, -0.2) is 21.6 Å². The van der Waals surface area contributed by atoms with Crippen molar-refractivity contribution in [1.82, 2.24) is 14.5 Å². The number of para-hydroxylation sites is 1. The summed E-state index contributed by atoms with van der Waals surface area (Å²) in [6.07, 6.45) is 3.79. The highest BCUT2D eigenvalue weighted by Crippen LogP contribution is 2.36. The lowest BCUT2D eigenvalue weighted by molar-refractivity contribution is 0.588. The molecule has 0 amide bonds. The van der Waals surface area contributed by atoms with Crippen molar-refractivity contribution in [1.29, 1.82) is 0 Å². The summed E-state index contributed by atoms with van der Waals surface area (Å²) in [6.45, 7) is 8.82. The van der Waals surface area contributed by atoms with Gasteiger partial charge in [-0.1, -0.05) is 63.2 Å². The second-order valence-electron chi connectivity index (χ2n) is 11.0. The van der Waals surface area contributed by atoms with Gasteiger partial charge < -0.3 is 4.90 Å². The van der Waals surface area contributed by atoms with Crippen LogP contribution in [0.15, 0.2) is 103 Å². The molecule has 0 fully saturated rings. The van der Waals surface area contributed by atoms with Crippen molar-refractivity contribution in [2.45, 2.75) is 33.1 Å². The van der Waals surface area contributed by atoms with Crippen LogP contribution in [0.3, 0.4) is 0 Å². The van der Waals surface area contributed by atoms with Crippen molar-refractivity contribution < 1.29 is 0 Å². The van der Waals surface area contributed by atoms with Crippen LogP contribution in [0.4, 0.5) is 11.5 Å². The number of fused-ring (bicyclic) bond motifs is 3. The summed E-state index contributed by atoms with van der Waals surface area (Å²) < 4.78 is 2.30. The summed E-state index contributed by atoms with van der Waals surface area (Å²) in [7, 11) is 2.07. The number of rotatable bonds is 4. The first-order valence-corrected chi connectivity index (χ1v) is 13.1. The molecule has 0 aliphatic heterocycles. The summed E-state index contributed by atoms with van der Waals surface area (Å²) in [6, 6.07) is 32.5. The molecule has 0 saturated heterocycles. The monoisotopic (exact) mass is 496 g/mol. The molecule has 3 aromatic heterocycles. The largest absolute Gasteiger partial charge is 0.329 e. The van der Waals surface area contributed by atoms with Crippen LogP contribution in [0.1, 0.15) is 31.9 Å². The maximum atomic E-state index is 4.83. The Morgan fingerprint density at radius 1 is 0.684 bits per heavy atom. The van der Waals surface area contributed by atoms with Crippen LogP contribution in [-0.2, 0) is 5.41 Å². The number of pyridine rings is 2. The van der Waals surface area contributed by atoms with Crippen LogP contribution < -0.4 is 4.90 Å². The molecule has 0 atom stereocenters. The van der Waals surface area contributed by atoms with Crippen LogP contribution in [0.5, 0.6) is 0 Å². The van der Waals surface area contributed by atoms with Crippen molar-refractivity contribution in [2.75, 3.05) is 11.9 Å². The zero-order valence-electron chi connectivity index (χ0n) is 22.6. The van der Waals surface area contributed by atoms with Gasteiger partial charge in [-0.3, -0.25) is 4.57 Å². The Morgan fingerprint density at radius 2 is 1.45 bits per heavy atom. The van der Waals surface area contributed by atoms with Crippen LogP contribution >= 0.6 is 0 Å². The Balaban J connectivity index is 1.51. The highest BCUT2D eigenvalue weighted by atomic mass is 15.2. The Labute approximate surface area is 224 Å². The number of benzene rings is 3. The number of aromatic nitrogens is 3. The van der Waals surface area contributed by atoms with Gasteiger partial charge in [0.2, 0.25) is 0 Å². The SMILES string of the molecule is Cc1ccnc(N(C)c2cccc(-c3ccc4c5ccccc5n(-c5cc(C(C)(C)C)ccn5)c4c3)c2)c1. The van der Waals surface area contributed by atoms with E-state index in [0.29, 0.717) is 0 Å². The van der Waals surface area contributed by atoms with Gasteiger partial charge in [0.05, 0.1) is 11.0 Å². The van der Waals surface area contributed by atoms with Crippen LogP contribution in [0, 0.1) is 6.92 Å². The minimum atomic E-state index is 0.0419. The fourth-order valence-corrected chi connectivity index (χ4v) is 5.13. The normalized spacial score (nSPS) is 11.8. The molecule has 188 valence electrons. The average molecular weight is 497 g/mol. The standard InChI is InChI=1S/C34H32N4/c1-23-15-17-35-32(19-23)37(5)27-10-8-9-24(20-27)25-13-14-29-28-11-6-7-12-30(28)38(31(29)21-25)33-22-26(16-18-36-33)34(2,3)4/h6-22H,1-5H3. The zero-order valence-corrected chi connectivity index (χ0v) is 22.6. The molecule has 3 aromatic carbocycles. The lowest BCUT2D eigenvalue weighted by atomic mass is 9.88. The second-order valence-corrected chi connectivity index (χ2v) is 11.0. The predicted octanol–water partition coefficient (Wildman–Crippen LogP) is 8.61. The van der Waals surface area contributed by atoms with Crippen molar-refractivity contribution in [3.63, 3.8) is 0 Å². The predicted molar refractivity (Wildman–Crippen MR) is 160 cm³/mol. The number of aryl methyl sites for hydroxylation is 1. The summed E-state index contributed by atoms with van der Waals surface area (Å²) in [4.78, 5) is 11.5. The molecule has 6 rings (SSSR count). The third-order valence-electron chi connectivity index (χ3n) is 7.33. The molecular formula is C34H32N4. The molecule has 0 aliphatic rings. The van der Waals surface area contributed by atoms with Gasteiger partial charge in [0.15, 0.2) is 0 Å². The van der Waals surface area contributed by atoms with Crippen LogP contribution in [0.2, 0.25) is 0 Å². The van der Waals surface area contributed by atoms with Gasteiger partial charge >= 0.3 is 0 Å². The van der Waals surface area contributed by atoms with Gasteiger partial charge in [0.25, 0.3) is 0 Å². The molecule has 4 heteroatoms. The number of nitrogens with zero attached hydrogens (tertiary/aromatic N) is 4. The minimum absolute atomic E-state index is 0.0419. The van der Waals surface area contributed by atoms with Crippen LogP contribution in [0.25, 0.3) is 38.8 Å². The van der Waals surface area contributed by atoms with E-state index in [1.54, 1.807) is 0 Å². The summed E-state index contributed by atoms with van der Waals surface area (Å²) in [5, 5.41) is 2.46. The summed E-state index contributed by atoms with van der Waals surface area (Å²) in [5.74, 6) is 1.88. The van der Waals surface area contributed by atoms with Gasteiger partial charge in [0, 0.05) is 35.9 Å². The van der Waals surface area contributed by atoms with E-state index >= 15 is 0 Å². The molecule has 0 radical (unpaired) electrons. The van der Waals surface area contributed by atoms with Crippen molar-refractivity contribution in [2.24, 2.45) is 0 Å². The van der Waals surface area contributed by atoms with E-state index in [2.05, 4.69) is 134 Å². The molecule has 4 nitrogen and oxygen atoms in total. The Hall–Kier alpha value is -4.44. The van der Waals surface area contributed by atoms with E-state index in [0.717, 1.165) is 33.9 Å². The second kappa shape index (κ2) is 9.14. The smallest absolute Gasteiger partial charge is 0.137 e. The summed E-state index contributed by atoms with van der Waals surface area (Å²) >= 11 is 0. The van der Waals surface area contributed by atoms with E-state index < -0.39 is 0 Å². The first kappa shape index (κ1) is 23.9. The van der Waals surface area contributed by atoms with E-state index in [9.17, 15) is 0 Å². The van der Waals surface area contributed by atoms with Crippen molar-refractivity contribution in [3.8, 4) is 16.9 Å². The number of hydrogen-bond donors (Lipinski definition) is 0. The lowest BCUT2D eigenvalue weighted by Crippen LogP contribution is -2.12. The highest BCUT2D eigenvalue weighted by Gasteiger charge is 2.18.